The molecule has 0 aliphatic heterocycles. The van der Waals surface area contributed by atoms with E-state index >= 15 is 0 Å². The third-order valence-corrected chi connectivity index (χ3v) is 3.53. The molecule has 0 aliphatic carbocycles. The van der Waals surface area contributed by atoms with Crippen LogP contribution in [0, 0.1) is 5.92 Å². The van der Waals surface area contributed by atoms with Gasteiger partial charge >= 0.3 is 0 Å². The molecule has 0 bridgehead atoms. The van der Waals surface area contributed by atoms with Crippen LogP contribution in [0.3, 0.4) is 0 Å². The molecule has 1 aromatic carbocycles. The van der Waals surface area contributed by atoms with Crippen molar-refractivity contribution in [3.8, 4) is 11.5 Å². The highest BCUT2D eigenvalue weighted by molar-refractivity contribution is 6.31. The normalized spacial score (nSPS) is 14.3. The third kappa shape index (κ3) is 3.53. The Morgan fingerprint density at radius 3 is 2.16 bits per heavy atom. The molecule has 1 N–H and O–H groups in total. The summed E-state index contributed by atoms with van der Waals surface area (Å²) < 4.78 is 10.5. The zero-order chi connectivity index (χ0) is 14.6. The molecule has 0 fully saturated rings. The molecule has 0 saturated heterocycles. The largest absolute Gasteiger partial charge is 0.493 e. The molecule has 1 aromatic rings. The highest BCUT2D eigenvalue weighted by Gasteiger charge is 2.25. The summed E-state index contributed by atoms with van der Waals surface area (Å²) >= 11 is 6.33. The van der Waals surface area contributed by atoms with Crippen molar-refractivity contribution in [2.45, 2.75) is 13.0 Å². The van der Waals surface area contributed by atoms with Gasteiger partial charge in [-0.3, -0.25) is 0 Å². The van der Waals surface area contributed by atoms with Crippen LogP contribution in [0.2, 0.25) is 5.02 Å². The highest BCUT2D eigenvalue weighted by atomic mass is 35.5. The van der Waals surface area contributed by atoms with Crippen LogP contribution in [0.1, 0.15) is 18.5 Å². The smallest absolute Gasteiger partial charge is 0.162 e. The molecule has 5 heteroatoms. The van der Waals surface area contributed by atoms with Crippen molar-refractivity contribution >= 4 is 11.6 Å². The molecule has 0 heterocycles. The van der Waals surface area contributed by atoms with Gasteiger partial charge in [0.1, 0.15) is 0 Å². The molecule has 0 aliphatic rings. The molecule has 2 unspecified atom stereocenters. The number of hydrogen-bond donors (Lipinski definition) is 1. The maximum Gasteiger partial charge on any atom is 0.162 e. The van der Waals surface area contributed by atoms with Crippen LogP contribution in [-0.2, 0) is 0 Å². The van der Waals surface area contributed by atoms with Crippen LogP contribution in [0.4, 0.5) is 0 Å². The first kappa shape index (κ1) is 16.1. The van der Waals surface area contributed by atoms with Gasteiger partial charge in [0.15, 0.2) is 11.5 Å². The summed E-state index contributed by atoms with van der Waals surface area (Å²) in [6.45, 7) is 2.07. The van der Waals surface area contributed by atoms with Gasteiger partial charge in [0.05, 0.1) is 14.2 Å². The molecule has 4 nitrogen and oxygen atoms in total. The lowest BCUT2D eigenvalue weighted by atomic mass is 9.93. The topological polar surface area (TPSA) is 41.9 Å². The van der Waals surface area contributed by atoms with E-state index in [2.05, 4.69) is 0 Å². The van der Waals surface area contributed by atoms with Crippen LogP contribution in [0.25, 0.3) is 0 Å². The van der Waals surface area contributed by atoms with Crippen molar-refractivity contribution in [2.24, 2.45) is 5.92 Å². The molecule has 2 atom stereocenters. The SMILES string of the molecule is COc1cc(Cl)c(C(C(C)CO)N(C)C)cc1OC. The van der Waals surface area contributed by atoms with Crippen molar-refractivity contribution in [3.63, 3.8) is 0 Å². The summed E-state index contributed by atoms with van der Waals surface area (Å²) in [6.07, 6.45) is 0. The number of halogens is 1. The summed E-state index contributed by atoms with van der Waals surface area (Å²) in [6, 6.07) is 3.63. The van der Waals surface area contributed by atoms with Crippen LogP contribution < -0.4 is 9.47 Å². The van der Waals surface area contributed by atoms with E-state index in [0.29, 0.717) is 16.5 Å². The Bertz CT molecular complexity index is 423. The van der Waals surface area contributed by atoms with Crippen LogP contribution in [0.5, 0.6) is 11.5 Å². The maximum atomic E-state index is 9.41. The second-order valence-corrected chi connectivity index (χ2v) is 5.20. The second kappa shape index (κ2) is 6.98. The number of benzene rings is 1. The molecule has 0 saturated carbocycles. The fourth-order valence-electron chi connectivity index (χ4n) is 2.29. The van der Waals surface area contributed by atoms with Gasteiger partial charge in [-0.1, -0.05) is 18.5 Å². The minimum absolute atomic E-state index is 0.0114. The van der Waals surface area contributed by atoms with Gasteiger partial charge in [0.25, 0.3) is 0 Å². The van der Waals surface area contributed by atoms with Gasteiger partial charge in [-0.15, -0.1) is 0 Å². The Kier molecular flexibility index (Phi) is 5.91. The number of aliphatic hydroxyl groups is 1. The van der Waals surface area contributed by atoms with Gasteiger partial charge in [0, 0.05) is 23.7 Å². The average Bonchev–Trinajstić information content (AvgIpc) is 2.39. The molecule has 1 rings (SSSR count). The summed E-state index contributed by atoms with van der Waals surface area (Å²) in [5, 5.41) is 10.0. The first-order valence-corrected chi connectivity index (χ1v) is 6.52. The number of hydrogen-bond acceptors (Lipinski definition) is 4. The van der Waals surface area contributed by atoms with E-state index in [1.54, 1.807) is 20.3 Å². The standard InChI is InChI=1S/C14H22ClNO3/c1-9(8-17)14(16(2)3)10-6-12(18-4)13(19-5)7-11(10)15/h6-7,9,14,17H,8H2,1-5H3. The van der Waals surface area contributed by atoms with Crippen LogP contribution in [0.15, 0.2) is 12.1 Å². The molecule has 108 valence electrons. The van der Waals surface area contributed by atoms with E-state index in [4.69, 9.17) is 21.1 Å². The van der Waals surface area contributed by atoms with Crippen molar-refractivity contribution < 1.29 is 14.6 Å². The predicted octanol–water partition coefficient (Wildman–Crippen LogP) is 2.59. The minimum atomic E-state index is 0.0114. The average molecular weight is 288 g/mol. The van der Waals surface area contributed by atoms with Crippen LogP contribution in [-0.4, -0.2) is 44.9 Å². The summed E-state index contributed by atoms with van der Waals surface area (Å²) in [7, 11) is 7.09. The van der Waals surface area contributed by atoms with E-state index in [1.807, 2.05) is 32.0 Å². The molecule has 19 heavy (non-hydrogen) atoms. The van der Waals surface area contributed by atoms with E-state index < -0.39 is 0 Å². The zero-order valence-corrected chi connectivity index (χ0v) is 12.9. The molecule has 0 spiro atoms. The van der Waals surface area contributed by atoms with Crippen molar-refractivity contribution in [3.05, 3.63) is 22.7 Å². The Morgan fingerprint density at radius 2 is 1.74 bits per heavy atom. The quantitative estimate of drug-likeness (QED) is 0.873. The van der Waals surface area contributed by atoms with Crippen molar-refractivity contribution in [1.29, 1.82) is 0 Å². The number of nitrogens with zero attached hydrogens (tertiary/aromatic N) is 1. The Labute approximate surface area is 119 Å². The van der Waals surface area contributed by atoms with E-state index in [0.717, 1.165) is 5.56 Å². The van der Waals surface area contributed by atoms with Gasteiger partial charge < -0.3 is 19.5 Å². The second-order valence-electron chi connectivity index (χ2n) is 4.80. The van der Waals surface area contributed by atoms with E-state index in [9.17, 15) is 5.11 Å². The van der Waals surface area contributed by atoms with Gasteiger partial charge in [0.2, 0.25) is 0 Å². The first-order valence-electron chi connectivity index (χ1n) is 6.14. The predicted molar refractivity (Wildman–Crippen MR) is 77.2 cm³/mol. The fraction of sp³-hybridized carbons (Fsp3) is 0.571. The van der Waals surface area contributed by atoms with Gasteiger partial charge in [-0.05, 0) is 31.6 Å². The number of rotatable bonds is 6. The summed E-state index contributed by atoms with van der Waals surface area (Å²) in [5.74, 6) is 1.30. The number of ether oxygens (including phenoxy) is 2. The highest BCUT2D eigenvalue weighted by Crippen LogP contribution is 2.39. The monoisotopic (exact) mass is 287 g/mol. The van der Waals surface area contributed by atoms with Gasteiger partial charge in [-0.25, -0.2) is 0 Å². The van der Waals surface area contributed by atoms with E-state index in [1.165, 1.54) is 0 Å². The third-order valence-electron chi connectivity index (χ3n) is 3.20. The van der Waals surface area contributed by atoms with Crippen molar-refractivity contribution in [2.75, 3.05) is 34.9 Å². The Balaban J connectivity index is 3.30. The molecule has 0 radical (unpaired) electrons. The summed E-state index contributed by atoms with van der Waals surface area (Å²) in [5.41, 5.74) is 0.922. The number of aliphatic hydroxyl groups excluding tert-OH is 1. The lowest BCUT2D eigenvalue weighted by Crippen LogP contribution is -2.28. The maximum absolute atomic E-state index is 9.41. The van der Waals surface area contributed by atoms with E-state index in [-0.39, 0.29) is 18.6 Å². The van der Waals surface area contributed by atoms with Gasteiger partial charge in [-0.2, -0.15) is 0 Å². The molecule has 0 amide bonds. The molecule has 0 aromatic heterocycles. The first-order chi connectivity index (χ1) is 8.96. The summed E-state index contributed by atoms with van der Waals surface area (Å²) in [4.78, 5) is 2.04. The zero-order valence-electron chi connectivity index (χ0n) is 12.1. The van der Waals surface area contributed by atoms with Crippen molar-refractivity contribution in [1.82, 2.24) is 4.90 Å². The lowest BCUT2D eigenvalue weighted by Gasteiger charge is -2.30. The minimum Gasteiger partial charge on any atom is -0.493 e. The fourth-order valence-corrected chi connectivity index (χ4v) is 2.56. The molecular formula is C14H22ClNO3. The van der Waals surface area contributed by atoms with Crippen LogP contribution >= 0.6 is 11.6 Å². The molecular weight excluding hydrogens is 266 g/mol. The lowest BCUT2D eigenvalue weighted by molar-refractivity contribution is 0.145. The Morgan fingerprint density at radius 1 is 1.21 bits per heavy atom. The number of methoxy groups -OCH3 is 2. The Hall–Kier alpha value is -0.970.